The van der Waals surface area contributed by atoms with E-state index >= 15 is 0 Å². The highest BCUT2D eigenvalue weighted by molar-refractivity contribution is 5.30. The highest BCUT2D eigenvalue weighted by Crippen LogP contribution is 2.50. The second-order valence-corrected chi connectivity index (χ2v) is 6.48. The highest BCUT2D eigenvalue weighted by Gasteiger charge is 2.39. The lowest BCUT2D eigenvalue weighted by Gasteiger charge is -2.25. The molecule has 0 nitrogen and oxygen atoms in total. The molecule has 17 heavy (non-hydrogen) atoms. The van der Waals surface area contributed by atoms with Crippen molar-refractivity contribution in [2.24, 2.45) is 29.6 Å². The molecule has 0 aromatic carbocycles. The molecule has 1 aliphatic carbocycles. The van der Waals surface area contributed by atoms with Gasteiger partial charge >= 0.3 is 0 Å². The normalized spacial score (nSPS) is 29.8. The van der Waals surface area contributed by atoms with E-state index in [1.54, 1.807) is 5.57 Å². The fourth-order valence-electron chi connectivity index (χ4n) is 4.23. The van der Waals surface area contributed by atoms with Crippen molar-refractivity contribution in [3.05, 3.63) is 11.1 Å². The van der Waals surface area contributed by atoms with Crippen molar-refractivity contribution in [3.8, 4) is 0 Å². The van der Waals surface area contributed by atoms with Crippen molar-refractivity contribution in [2.75, 3.05) is 0 Å². The first-order valence-corrected chi connectivity index (χ1v) is 7.69. The van der Waals surface area contributed by atoms with Gasteiger partial charge in [0.05, 0.1) is 0 Å². The maximum Gasteiger partial charge on any atom is -0.0164 e. The molecule has 0 heteroatoms. The Kier molecular flexibility index (Phi) is 5.28. The summed E-state index contributed by atoms with van der Waals surface area (Å²) in [4.78, 5) is 0. The monoisotopic (exact) mass is 236 g/mol. The minimum absolute atomic E-state index is 0.735. The fraction of sp³-hybridized carbons (Fsp3) is 0.882. The summed E-state index contributed by atoms with van der Waals surface area (Å²) in [5, 5.41) is 0. The molecule has 0 heterocycles. The molecule has 0 bridgehead atoms. The maximum absolute atomic E-state index is 2.47. The zero-order valence-electron chi connectivity index (χ0n) is 13.0. The van der Waals surface area contributed by atoms with Gasteiger partial charge in [-0.05, 0) is 36.0 Å². The lowest BCUT2D eigenvalue weighted by molar-refractivity contribution is 0.298. The molecule has 0 saturated heterocycles. The SMILES string of the molecule is CCCC1C(C(C)C)=C(C(C)C)C(C)C1CC. The summed E-state index contributed by atoms with van der Waals surface area (Å²) in [7, 11) is 0. The smallest absolute Gasteiger partial charge is 0.0164 e. The van der Waals surface area contributed by atoms with Gasteiger partial charge in [0, 0.05) is 0 Å². The van der Waals surface area contributed by atoms with E-state index in [9.17, 15) is 0 Å². The standard InChI is InChI=1S/C17H32/c1-8-10-15-14(9-2)13(7)16(11(3)4)17(15)12(5)6/h11-15H,8-10H2,1-7H3. The average Bonchev–Trinajstić information content (AvgIpc) is 2.51. The molecular weight excluding hydrogens is 204 g/mol. The topological polar surface area (TPSA) is 0 Å². The van der Waals surface area contributed by atoms with Gasteiger partial charge in [-0.25, -0.2) is 0 Å². The molecule has 3 unspecified atom stereocenters. The molecule has 0 aromatic heterocycles. The Balaban J connectivity index is 3.15. The van der Waals surface area contributed by atoms with Crippen LogP contribution in [0.25, 0.3) is 0 Å². The molecule has 3 atom stereocenters. The second kappa shape index (κ2) is 6.07. The van der Waals surface area contributed by atoms with E-state index in [1.807, 2.05) is 5.57 Å². The highest BCUT2D eigenvalue weighted by atomic mass is 14.4. The summed E-state index contributed by atoms with van der Waals surface area (Å²) in [5.74, 6) is 4.07. The molecular formula is C17H32. The predicted octanol–water partition coefficient (Wildman–Crippen LogP) is 5.69. The van der Waals surface area contributed by atoms with Crippen LogP contribution in [0, 0.1) is 29.6 Å². The van der Waals surface area contributed by atoms with E-state index in [2.05, 4.69) is 48.5 Å². The zero-order valence-corrected chi connectivity index (χ0v) is 13.0. The van der Waals surface area contributed by atoms with Crippen LogP contribution in [0.4, 0.5) is 0 Å². The second-order valence-electron chi connectivity index (χ2n) is 6.48. The molecule has 100 valence electrons. The average molecular weight is 236 g/mol. The van der Waals surface area contributed by atoms with Crippen LogP contribution in [0.15, 0.2) is 11.1 Å². The molecule has 0 N–H and O–H groups in total. The first-order valence-electron chi connectivity index (χ1n) is 7.69. The third kappa shape index (κ3) is 2.77. The van der Waals surface area contributed by atoms with E-state index in [-0.39, 0.29) is 0 Å². The van der Waals surface area contributed by atoms with Gasteiger partial charge in [0.2, 0.25) is 0 Å². The first-order chi connectivity index (χ1) is 7.95. The molecule has 0 spiro atoms. The first kappa shape index (κ1) is 14.8. The summed E-state index contributed by atoms with van der Waals surface area (Å²) in [6.45, 7) is 16.7. The summed E-state index contributed by atoms with van der Waals surface area (Å²) in [6.07, 6.45) is 4.07. The Morgan fingerprint density at radius 2 is 1.47 bits per heavy atom. The molecule has 0 aromatic rings. The Morgan fingerprint density at radius 3 is 1.82 bits per heavy atom. The van der Waals surface area contributed by atoms with Crippen LogP contribution in [0.2, 0.25) is 0 Å². The van der Waals surface area contributed by atoms with Crippen molar-refractivity contribution < 1.29 is 0 Å². The van der Waals surface area contributed by atoms with Crippen molar-refractivity contribution in [1.82, 2.24) is 0 Å². The summed E-state index contributed by atoms with van der Waals surface area (Å²) in [6, 6.07) is 0. The van der Waals surface area contributed by atoms with Crippen LogP contribution in [0.3, 0.4) is 0 Å². The van der Waals surface area contributed by atoms with E-state index < -0.39 is 0 Å². The van der Waals surface area contributed by atoms with Crippen LogP contribution in [0.5, 0.6) is 0 Å². The van der Waals surface area contributed by atoms with E-state index in [0.717, 1.165) is 29.6 Å². The van der Waals surface area contributed by atoms with Gasteiger partial charge in [0.15, 0.2) is 0 Å². The lowest BCUT2D eigenvalue weighted by Crippen LogP contribution is -2.17. The van der Waals surface area contributed by atoms with Gasteiger partial charge in [0.1, 0.15) is 0 Å². The van der Waals surface area contributed by atoms with Crippen LogP contribution in [0.1, 0.15) is 67.7 Å². The van der Waals surface area contributed by atoms with Crippen LogP contribution in [-0.2, 0) is 0 Å². The third-order valence-electron chi connectivity index (χ3n) is 4.70. The Hall–Kier alpha value is -0.260. The minimum Gasteiger partial charge on any atom is -0.0654 e. The molecule has 0 aliphatic heterocycles. The number of hydrogen-bond donors (Lipinski definition) is 0. The predicted molar refractivity (Wildman–Crippen MR) is 78.0 cm³/mol. The fourth-order valence-corrected chi connectivity index (χ4v) is 4.23. The quantitative estimate of drug-likeness (QED) is 0.538. The number of hydrogen-bond acceptors (Lipinski definition) is 0. The van der Waals surface area contributed by atoms with E-state index in [4.69, 9.17) is 0 Å². The maximum atomic E-state index is 2.47. The Bertz CT molecular complexity index is 270. The van der Waals surface area contributed by atoms with E-state index in [0.29, 0.717) is 0 Å². The van der Waals surface area contributed by atoms with Gasteiger partial charge in [-0.2, -0.15) is 0 Å². The van der Waals surface area contributed by atoms with Crippen LogP contribution in [-0.4, -0.2) is 0 Å². The van der Waals surface area contributed by atoms with Gasteiger partial charge in [0.25, 0.3) is 0 Å². The van der Waals surface area contributed by atoms with Gasteiger partial charge in [-0.3, -0.25) is 0 Å². The van der Waals surface area contributed by atoms with E-state index in [1.165, 1.54) is 19.3 Å². The largest absolute Gasteiger partial charge is 0.0654 e. The summed E-state index contributed by atoms with van der Waals surface area (Å²) < 4.78 is 0. The molecule has 0 amide bonds. The van der Waals surface area contributed by atoms with Crippen molar-refractivity contribution in [1.29, 1.82) is 0 Å². The molecule has 1 rings (SSSR count). The molecule has 0 saturated carbocycles. The summed E-state index contributed by atoms with van der Waals surface area (Å²) >= 11 is 0. The van der Waals surface area contributed by atoms with Crippen molar-refractivity contribution >= 4 is 0 Å². The van der Waals surface area contributed by atoms with Crippen molar-refractivity contribution in [3.63, 3.8) is 0 Å². The van der Waals surface area contributed by atoms with Gasteiger partial charge in [-0.1, -0.05) is 72.5 Å². The van der Waals surface area contributed by atoms with Crippen LogP contribution < -0.4 is 0 Å². The lowest BCUT2D eigenvalue weighted by atomic mass is 9.79. The molecule has 1 aliphatic rings. The van der Waals surface area contributed by atoms with Crippen molar-refractivity contribution in [2.45, 2.75) is 67.7 Å². The summed E-state index contributed by atoms with van der Waals surface area (Å²) in [5.41, 5.74) is 3.62. The Morgan fingerprint density at radius 1 is 0.941 bits per heavy atom. The van der Waals surface area contributed by atoms with Crippen LogP contribution >= 0.6 is 0 Å². The molecule has 0 radical (unpaired) electrons. The molecule has 0 fully saturated rings. The minimum atomic E-state index is 0.735. The van der Waals surface area contributed by atoms with Gasteiger partial charge < -0.3 is 0 Å². The Labute approximate surface area is 109 Å². The van der Waals surface area contributed by atoms with Gasteiger partial charge in [-0.15, -0.1) is 0 Å². The number of allylic oxidation sites excluding steroid dienone is 2. The third-order valence-corrected chi connectivity index (χ3v) is 4.70. The zero-order chi connectivity index (χ0) is 13.2. The number of rotatable bonds is 5.